The van der Waals surface area contributed by atoms with Gasteiger partial charge in [0.15, 0.2) is 11.4 Å². The van der Waals surface area contributed by atoms with Crippen LogP contribution in [0.2, 0.25) is 0 Å². The summed E-state index contributed by atoms with van der Waals surface area (Å²) in [5, 5.41) is 5.54. The smallest absolute Gasteiger partial charge is 0.215 e. The quantitative estimate of drug-likeness (QED) is 0.452. The lowest BCUT2D eigenvalue weighted by atomic mass is 9.95. The Labute approximate surface area is 181 Å². The summed E-state index contributed by atoms with van der Waals surface area (Å²) in [6.45, 7) is 6.11. The first kappa shape index (κ1) is 20.8. The molecule has 4 aromatic rings. The van der Waals surface area contributed by atoms with Crippen molar-refractivity contribution in [3.63, 3.8) is 0 Å². The van der Waals surface area contributed by atoms with Crippen LogP contribution in [0.25, 0.3) is 22.4 Å². The van der Waals surface area contributed by atoms with Crippen molar-refractivity contribution in [2.24, 2.45) is 14.1 Å². The molecule has 0 amide bonds. The largest absolute Gasteiger partial charge is 0.470 e. The zero-order valence-electron chi connectivity index (χ0n) is 18.6. The third kappa shape index (κ3) is 4.35. The molecule has 0 bridgehead atoms. The van der Waals surface area contributed by atoms with Gasteiger partial charge in [0.05, 0.1) is 11.7 Å². The van der Waals surface area contributed by atoms with Crippen LogP contribution >= 0.6 is 0 Å². The highest BCUT2D eigenvalue weighted by Crippen LogP contribution is 2.30. The minimum Gasteiger partial charge on any atom is -0.470 e. The molecule has 0 aliphatic heterocycles. The van der Waals surface area contributed by atoms with Gasteiger partial charge in [-0.05, 0) is 30.9 Å². The molecule has 0 saturated heterocycles. The first-order valence-electron chi connectivity index (χ1n) is 10.4. The molecule has 3 heterocycles. The van der Waals surface area contributed by atoms with Gasteiger partial charge in [0, 0.05) is 32.8 Å². The van der Waals surface area contributed by atoms with Crippen molar-refractivity contribution >= 4 is 16.8 Å². The predicted octanol–water partition coefficient (Wildman–Crippen LogP) is 4.13. The lowest BCUT2D eigenvalue weighted by Gasteiger charge is -2.12. The summed E-state index contributed by atoms with van der Waals surface area (Å²) in [7, 11) is 3.77. The minimum atomic E-state index is -0.000895. The molecule has 160 valence electrons. The number of ketones is 1. The van der Waals surface area contributed by atoms with Crippen molar-refractivity contribution in [3.8, 4) is 17.3 Å². The maximum absolute atomic E-state index is 12.5. The van der Waals surface area contributed by atoms with E-state index in [-0.39, 0.29) is 18.3 Å². The summed E-state index contributed by atoms with van der Waals surface area (Å²) in [6, 6.07) is 10.2. The van der Waals surface area contributed by atoms with Crippen molar-refractivity contribution < 1.29 is 9.53 Å². The second-order valence-corrected chi connectivity index (χ2v) is 8.22. The van der Waals surface area contributed by atoms with E-state index in [9.17, 15) is 4.79 Å². The zero-order valence-corrected chi connectivity index (χ0v) is 18.6. The van der Waals surface area contributed by atoms with E-state index < -0.39 is 0 Å². The molecule has 0 radical (unpaired) electrons. The molecule has 0 fully saturated rings. The molecule has 31 heavy (non-hydrogen) atoms. The van der Waals surface area contributed by atoms with Crippen LogP contribution in [0.4, 0.5) is 0 Å². The highest BCUT2D eigenvalue weighted by Gasteiger charge is 2.18. The molecular weight excluding hydrogens is 390 g/mol. The number of hydrogen-bond acceptors (Lipinski definition) is 5. The van der Waals surface area contributed by atoms with Gasteiger partial charge in [-0.1, -0.05) is 36.8 Å². The Kier molecular flexibility index (Phi) is 5.59. The number of benzene rings is 1. The van der Waals surface area contributed by atoms with Gasteiger partial charge in [0.2, 0.25) is 5.88 Å². The van der Waals surface area contributed by atoms with Crippen LogP contribution in [-0.2, 0) is 18.9 Å². The van der Waals surface area contributed by atoms with E-state index in [4.69, 9.17) is 4.74 Å². The Morgan fingerprint density at radius 1 is 1.16 bits per heavy atom. The normalized spacial score (nSPS) is 12.3. The number of fused-ring (bicyclic) bond motifs is 1. The molecule has 4 rings (SSSR count). The van der Waals surface area contributed by atoms with Gasteiger partial charge in [-0.15, -0.1) is 0 Å². The van der Waals surface area contributed by atoms with Crippen molar-refractivity contribution in [3.05, 3.63) is 59.5 Å². The van der Waals surface area contributed by atoms with Gasteiger partial charge < -0.3 is 9.30 Å². The minimum absolute atomic E-state index is 0.000895. The summed E-state index contributed by atoms with van der Waals surface area (Å²) in [4.78, 5) is 21.5. The third-order valence-electron chi connectivity index (χ3n) is 5.48. The van der Waals surface area contributed by atoms with Gasteiger partial charge in [-0.2, -0.15) is 10.1 Å². The van der Waals surface area contributed by atoms with Crippen LogP contribution in [0.1, 0.15) is 36.0 Å². The number of carbonyl (C=O) groups excluding carboxylic acids is 1. The van der Waals surface area contributed by atoms with E-state index in [1.165, 1.54) is 5.56 Å². The van der Waals surface area contributed by atoms with Crippen LogP contribution < -0.4 is 4.74 Å². The van der Waals surface area contributed by atoms with Crippen molar-refractivity contribution in [2.45, 2.75) is 33.1 Å². The Hall–Kier alpha value is -3.48. The van der Waals surface area contributed by atoms with Crippen LogP contribution in [0.5, 0.6) is 5.88 Å². The van der Waals surface area contributed by atoms with Gasteiger partial charge in [-0.25, -0.2) is 9.67 Å². The van der Waals surface area contributed by atoms with Crippen LogP contribution in [0, 0.1) is 13.8 Å². The number of nitrogens with zero attached hydrogens (tertiary/aromatic N) is 5. The topological polar surface area (TPSA) is 74.8 Å². The number of rotatable bonds is 7. The lowest BCUT2D eigenvalue weighted by molar-refractivity contribution is -0.121. The van der Waals surface area contributed by atoms with E-state index in [2.05, 4.69) is 53.2 Å². The highest BCUT2D eigenvalue weighted by atomic mass is 16.5. The first-order valence-corrected chi connectivity index (χ1v) is 10.4. The van der Waals surface area contributed by atoms with E-state index in [0.717, 1.165) is 27.9 Å². The predicted molar refractivity (Wildman–Crippen MR) is 120 cm³/mol. The van der Waals surface area contributed by atoms with Gasteiger partial charge >= 0.3 is 0 Å². The number of aromatic nitrogens is 5. The molecule has 0 unspecified atom stereocenters. The number of hydrogen-bond donors (Lipinski definition) is 0. The Morgan fingerprint density at radius 2 is 1.90 bits per heavy atom. The SMILES string of the molecule is Cc1ccc([C@H](C)CC(=O)COc2cc(C)c3c(-c4cn(C)cn4)nn(C)c3n2)cc1. The highest BCUT2D eigenvalue weighted by molar-refractivity contribution is 5.93. The number of imidazole rings is 1. The van der Waals surface area contributed by atoms with E-state index >= 15 is 0 Å². The second kappa shape index (κ2) is 8.34. The fourth-order valence-corrected chi connectivity index (χ4v) is 3.76. The molecule has 0 aliphatic carbocycles. The van der Waals surface area contributed by atoms with Crippen LogP contribution in [0.3, 0.4) is 0 Å². The monoisotopic (exact) mass is 417 g/mol. The lowest BCUT2D eigenvalue weighted by Crippen LogP contribution is -2.14. The average Bonchev–Trinajstić information content (AvgIpc) is 3.30. The Bertz CT molecular complexity index is 1240. The molecular formula is C24H27N5O2. The fraction of sp³-hybridized carbons (Fsp3) is 0.333. The van der Waals surface area contributed by atoms with Gasteiger partial charge in [0.25, 0.3) is 0 Å². The molecule has 0 N–H and O–H groups in total. The molecule has 0 aliphatic rings. The number of carbonyl (C=O) groups is 1. The molecule has 1 aromatic carbocycles. The van der Waals surface area contributed by atoms with Crippen molar-refractivity contribution in [2.75, 3.05) is 6.61 Å². The standard InChI is InChI=1S/C24H27N5O2/c1-15-6-8-18(9-7-15)16(2)10-19(30)13-31-21-11-17(3)22-23(20-12-28(4)14-25-20)27-29(5)24(22)26-21/h6-9,11-12,14,16H,10,13H2,1-5H3/t16-/m1/s1. The van der Waals surface area contributed by atoms with Crippen molar-refractivity contribution in [1.29, 1.82) is 0 Å². The van der Waals surface area contributed by atoms with Crippen LogP contribution in [0.15, 0.2) is 42.9 Å². The summed E-state index contributed by atoms with van der Waals surface area (Å²) in [5.74, 6) is 0.621. The van der Waals surface area contributed by atoms with Gasteiger partial charge in [-0.3, -0.25) is 4.79 Å². The maximum Gasteiger partial charge on any atom is 0.215 e. The van der Waals surface area contributed by atoms with E-state index in [1.54, 1.807) is 11.0 Å². The summed E-state index contributed by atoms with van der Waals surface area (Å²) >= 11 is 0. The molecule has 3 aromatic heterocycles. The van der Waals surface area contributed by atoms with E-state index in [0.29, 0.717) is 17.9 Å². The molecule has 0 spiro atoms. The number of Topliss-reactive ketones (excluding diaryl/α,β-unsaturated/α-hetero) is 1. The molecule has 0 saturated carbocycles. The summed E-state index contributed by atoms with van der Waals surface area (Å²) in [5.41, 5.74) is 5.64. The third-order valence-corrected chi connectivity index (χ3v) is 5.48. The first-order chi connectivity index (χ1) is 14.8. The molecule has 7 heteroatoms. The Morgan fingerprint density at radius 3 is 2.58 bits per heavy atom. The van der Waals surface area contributed by atoms with Crippen molar-refractivity contribution in [1.82, 2.24) is 24.3 Å². The maximum atomic E-state index is 12.5. The average molecular weight is 418 g/mol. The number of pyridine rings is 1. The molecule has 1 atom stereocenters. The van der Waals surface area contributed by atoms with E-state index in [1.807, 2.05) is 37.8 Å². The van der Waals surface area contributed by atoms with Crippen LogP contribution in [-0.4, -0.2) is 36.7 Å². The second-order valence-electron chi connectivity index (χ2n) is 8.22. The Balaban J connectivity index is 1.48. The zero-order chi connectivity index (χ0) is 22.1. The number of ether oxygens (including phenoxy) is 1. The van der Waals surface area contributed by atoms with Gasteiger partial charge in [0.1, 0.15) is 18.0 Å². The summed E-state index contributed by atoms with van der Waals surface area (Å²) in [6.07, 6.45) is 4.11. The number of aryl methyl sites for hydroxylation is 4. The molecule has 7 nitrogen and oxygen atoms in total. The summed E-state index contributed by atoms with van der Waals surface area (Å²) < 4.78 is 9.38. The fourth-order valence-electron chi connectivity index (χ4n) is 3.76.